The van der Waals surface area contributed by atoms with Crippen molar-refractivity contribution < 1.29 is 17.9 Å². The molecule has 11 heteroatoms. The number of benzene rings is 2. The third-order valence-electron chi connectivity index (χ3n) is 7.59. The molecule has 9 nitrogen and oxygen atoms in total. The summed E-state index contributed by atoms with van der Waals surface area (Å²) in [5.74, 6) is 1.28. The van der Waals surface area contributed by atoms with Gasteiger partial charge in [0.15, 0.2) is 9.84 Å². The van der Waals surface area contributed by atoms with Gasteiger partial charge in [-0.05, 0) is 98.3 Å². The van der Waals surface area contributed by atoms with Gasteiger partial charge in [0.2, 0.25) is 11.9 Å². The molecule has 1 amide bonds. The summed E-state index contributed by atoms with van der Waals surface area (Å²) >= 11 is 3.47. The van der Waals surface area contributed by atoms with Gasteiger partial charge in [-0.1, -0.05) is 12.1 Å². The first-order chi connectivity index (χ1) is 19.0. The Balaban J connectivity index is 1.40. The summed E-state index contributed by atoms with van der Waals surface area (Å²) in [6.07, 6.45) is 3.53. The maximum atomic E-state index is 13.4. The molecule has 2 N–H and O–H groups in total. The van der Waals surface area contributed by atoms with E-state index in [0.717, 1.165) is 43.0 Å². The van der Waals surface area contributed by atoms with Crippen molar-refractivity contribution in [3.63, 3.8) is 0 Å². The van der Waals surface area contributed by atoms with Gasteiger partial charge in [-0.15, -0.1) is 0 Å². The molecule has 40 heavy (non-hydrogen) atoms. The van der Waals surface area contributed by atoms with Crippen LogP contribution >= 0.6 is 15.9 Å². The molecule has 0 bridgehead atoms. The lowest BCUT2D eigenvalue weighted by Crippen LogP contribution is -2.40. The molecular weight excluding hydrogens is 594 g/mol. The summed E-state index contributed by atoms with van der Waals surface area (Å²) < 4.78 is 31.9. The van der Waals surface area contributed by atoms with E-state index >= 15 is 0 Å². The molecule has 2 aliphatic heterocycles. The summed E-state index contributed by atoms with van der Waals surface area (Å²) in [6, 6.07) is 12.7. The largest absolute Gasteiger partial charge is 0.381 e. The van der Waals surface area contributed by atoms with Gasteiger partial charge in [0, 0.05) is 37.3 Å². The van der Waals surface area contributed by atoms with Crippen molar-refractivity contribution in [1.29, 1.82) is 0 Å². The zero-order chi connectivity index (χ0) is 28.7. The number of rotatable bonds is 8. The van der Waals surface area contributed by atoms with Crippen LogP contribution in [0.1, 0.15) is 46.1 Å². The first-order valence-corrected chi connectivity index (χ1v) is 15.8. The van der Waals surface area contributed by atoms with Crippen molar-refractivity contribution in [1.82, 2.24) is 9.97 Å². The zero-order valence-electron chi connectivity index (χ0n) is 23.1. The number of hydrogen-bond acceptors (Lipinski definition) is 8. The normalized spacial score (nSPS) is 17.2. The summed E-state index contributed by atoms with van der Waals surface area (Å²) in [7, 11) is -3.51. The highest BCUT2D eigenvalue weighted by molar-refractivity contribution is 9.10. The summed E-state index contributed by atoms with van der Waals surface area (Å²) in [6.45, 7) is 9.43. The number of sulfone groups is 1. The minimum atomic E-state index is -3.51. The van der Waals surface area contributed by atoms with Crippen molar-refractivity contribution in [2.75, 3.05) is 35.3 Å². The van der Waals surface area contributed by atoms with E-state index in [1.54, 1.807) is 44.3 Å². The maximum Gasteiger partial charge on any atom is 0.237 e. The number of anilines is 5. The Hall–Kier alpha value is -3.02. The van der Waals surface area contributed by atoms with Crippen molar-refractivity contribution in [2.45, 2.75) is 56.1 Å². The number of aromatic nitrogens is 2. The van der Waals surface area contributed by atoms with Gasteiger partial charge in [0.05, 0.1) is 25.7 Å². The van der Waals surface area contributed by atoms with Gasteiger partial charge in [-0.2, -0.15) is 4.98 Å². The lowest BCUT2D eigenvalue weighted by atomic mass is 9.86. The molecule has 3 aromatic rings. The Morgan fingerprint density at radius 3 is 2.58 bits per heavy atom. The predicted octanol–water partition coefficient (Wildman–Crippen LogP) is 5.96. The number of carbonyl (C=O) groups excluding carboxylic acids is 1. The second kappa shape index (κ2) is 11.1. The van der Waals surface area contributed by atoms with Crippen LogP contribution in [0.2, 0.25) is 0 Å². The number of fused-ring (bicyclic) bond motifs is 1. The van der Waals surface area contributed by atoms with Gasteiger partial charge in [0.1, 0.15) is 5.82 Å². The van der Waals surface area contributed by atoms with Crippen molar-refractivity contribution >= 4 is 60.5 Å². The number of para-hydroxylation sites is 1. The molecule has 2 aliphatic rings. The Morgan fingerprint density at radius 2 is 1.85 bits per heavy atom. The third kappa shape index (κ3) is 5.46. The van der Waals surface area contributed by atoms with Crippen molar-refractivity contribution in [2.24, 2.45) is 5.92 Å². The molecule has 0 radical (unpaired) electrons. The summed E-state index contributed by atoms with van der Waals surface area (Å²) in [5, 5.41) is 5.84. The third-order valence-corrected chi connectivity index (χ3v) is 10.4. The monoisotopic (exact) mass is 627 g/mol. The number of nitrogens with zero attached hydrogens (tertiary/aromatic N) is 3. The van der Waals surface area contributed by atoms with Crippen LogP contribution in [-0.2, 0) is 24.8 Å². The average molecular weight is 629 g/mol. The number of amides is 1. The Morgan fingerprint density at radius 1 is 1.12 bits per heavy atom. The summed E-state index contributed by atoms with van der Waals surface area (Å²) in [5.41, 5.74) is 2.43. The first kappa shape index (κ1) is 28.5. The van der Waals surface area contributed by atoms with Gasteiger partial charge in [0.25, 0.3) is 0 Å². The zero-order valence-corrected chi connectivity index (χ0v) is 25.5. The van der Waals surface area contributed by atoms with Crippen LogP contribution in [-0.4, -0.2) is 49.3 Å². The van der Waals surface area contributed by atoms with Crippen LogP contribution in [0.4, 0.5) is 28.8 Å². The molecule has 0 unspecified atom stereocenters. The highest BCUT2D eigenvalue weighted by atomic mass is 79.9. The molecule has 1 saturated heterocycles. The van der Waals surface area contributed by atoms with E-state index < -0.39 is 20.5 Å². The number of nitrogens with one attached hydrogen (secondary N) is 2. The Kier molecular flexibility index (Phi) is 7.91. The maximum absolute atomic E-state index is 13.4. The van der Waals surface area contributed by atoms with Crippen LogP contribution in [0.15, 0.2) is 58.0 Å². The lowest BCUT2D eigenvalue weighted by Gasteiger charge is -2.28. The first-order valence-electron chi connectivity index (χ1n) is 13.4. The topological polar surface area (TPSA) is 114 Å². The van der Waals surface area contributed by atoms with Gasteiger partial charge < -0.3 is 20.3 Å². The standard InChI is InChI=1S/C29H34BrN5O4S/c1-18(2)40(37,38)25-8-6-5-7-23(25)33-26-22(30)16-31-28(34-26)32-20-9-10-24-21(15-20)29(3,4)27(36)35(24)17-19-11-13-39-14-12-19/h5-10,15-16,18-19H,11-14,17H2,1-4H3,(H2,31,32,33,34). The summed E-state index contributed by atoms with van der Waals surface area (Å²) in [4.78, 5) is 24.6. The van der Waals surface area contributed by atoms with Crippen molar-refractivity contribution in [3.05, 3.63) is 58.7 Å². The number of ether oxygens (including phenoxy) is 1. The van der Waals surface area contributed by atoms with Gasteiger partial charge in [-0.3, -0.25) is 4.79 Å². The molecule has 212 valence electrons. The Labute approximate surface area is 243 Å². The van der Waals surface area contributed by atoms with Crippen LogP contribution in [0.3, 0.4) is 0 Å². The molecular formula is C29H34BrN5O4S. The lowest BCUT2D eigenvalue weighted by molar-refractivity contribution is -0.122. The van der Waals surface area contributed by atoms with Crippen LogP contribution < -0.4 is 15.5 Å². The molecule has 0 atom stereocenters. The second-order valence-electron chi connectivity index (χ2n) is 11.1. The van der Waals surface area contributed by atoms with E-state index in [9.17, 15) is 13.2 Å². The van der Waals surface area contributed by atoms with E-state index in [2.05, 4.69) is 36.5 Å². The predicted molar refractivity (Wildman–Crippen MR) is 160 cm³/mol. The molecule has 1 aromatic heterocycles. The highest BCUT2D eigenvalue weighted by Crippen LogP contribution is 2.44. The smallest absolute Gasteiger partial charge is 0.237 e. The number of halogens is 1. The van der Waals surface area contributed by atoms with Crippen LogP contribution in [0.25, 0.3) is 0 Å². The minimum absolute atomic E-state index is 0.104. The second-order valence-corrected chi connectivity index (χ2v) is 14.4. The molecule has 1 fully saturated rings. The van der Waals surface area contributed by atoms with E-state index in [1.807, 2.05) is 36.9 Å². The molecule has 0 saturated carbocycles. The van der Waals surface area contributed by atoms with Crippen LogP contribution in [0.5, 0.6) is 0 Å². The fourth-order valence-electron chi connectivity index (χ4n) is 5.12. The molecule has 0 aliphatic carbocycles. The number of carbonyl (C=O) groups is 1. The Bertz CT molecular complexity index is 1540. The molecule has 2 aromatic carbocycles. The molecule has 0 spiro atoms. The van der Waals surface area contributed by atoms with E-state index in [1.165, 1.54) is 0 Å². The fourth-order valence-corrected chi connectivity index (χ4v) is 6.62. The molecule has 5 rings (SSSR count). The van der Waals surface area contributed by atoms with Crippen LogP contribution in [0, 0.1) is 5.92 Å². The van der Waals surface area contributed by atoms with Gasteiger partial charge >= 0.3 is 0 Å². The SMILES string of the molecule is CC(C)S(=O)(=O)c1ccccc1Nc1nc(Nc2ccc3c(c2)C(C)(C)C(=O)N3CC2CCOCC2)ncc1Br. The fraction of sp³-hybridized carbons (Fsp3) is 0.414. The van der Waals surface area contributed by atoms with E-state index in [0.29, 0.717) is 34.4 Å². The average Bonchev–Trinajstić information content (AvgIpc) is 3.11. The quantitative estimate of drug-likeness (QED) is 0.314. The van der Waals surface area contributed by atoms with Gasteiger partial charge in [-0.25, -0.2) is 13.4 Å². The number of hydrogen-bond donors (Lipinski definition) is 2. The highest BCUT2D eigenvalue weighted by Gasteiger charge is 2.44. The minimum Gasteiger partial charge on any atom is -0.381 e. The van der Waals surface area contributed by atoms with E-state index in [4.69, 9.17) is 4.74 Å². The van der Waals surface area contributed by atoms with E-state index in [-0.39, 0.29) is 10.8 Å². The van der Waals surface area contributed by atoms with Crippen molar-refractivity contribution in [3.8, 4) is 0 Å². The molecule has 3 heterocycles.